The van der Waals surface area contributed by atoms with Crippen molar-refractivity contribution in [1.82, 2.24) is 24.7 Å². The average molecular weight is 451 g/mol. The summed E-state index contributed by atoms with van der Waals surface area (Å²) < 4.78 is 31.3. The number of piperazine rings is 1. The molecule has 0 spiro atoms. The van der Waals surface area contributed by atoms with Gasteiger partial charge in [0.25, 0.3) is 5.91 Å². The smallest absolute Gasteiger partial charge is 0.260 e. The maximum absolute atomic E-state index is 15.4. The first kappa shape index (κ1) is 21.2. The number of hydrogen-bond donors (Lipinski definition) is 2. The highest BCUT2D eigenvalue weighted by Gasteiger charge is 2.27. The minimum atomic E-state index is -0.734. The fraction of sp³-hybridized carbons (Fsp3) is 0.304. The number of carbonyl (C=O) groups excluding carboxylic acids is 1. The summed E-state index contributed by atoms with van der Waals surface area (Å²) in [5.41, 5.74) is 1.91. The number of aryl methyl sites for hydroxylation is 1. The Morgan fingerprint density at radius 2 is 1.76 bits per heavy atom. The van der Waals surface area contributed by atoms with Gasteiger partial charge in [0.05, 0.1) is 17.1 Å². The predicted octanol–water partition coefficient (Wildman–Crippen LogP) is 3.30. The number of halogens is 2. The van der Waals surface area contributed by atoms with Gasteiger partial charge in [-0.25, -0.2) is 13.8 Å². The molecule has 1 aliphatic rings. The van der Waals surface area contributed by atoms with Crippen molar-refractivity contribution in [3.63, 3.8) is 0 Å². The van der Waals surface area contributed by atoms with Crippen LogP contribution in [0.4, 0.5) is 20.2 Å². The van der Waals surface area contributed by atoms with E-state index in [4.69, 9.17) is 0 Å². The lowest BCUT2D eigenvalue weighted by atomic mass is 10.1. The van der Waals surface area contributed by atoms with Crippen LogP contribution >= 0.6 is 0 Å². The van der Waals surface area contributed by atoms with Gasteiger partial charge >= 0.3 is 0 Å². The number of carbonyl (C=O) groups is 1. The molecule has 4 aromatic rings. The monoisotopic (exact) mass is 451 g/mol. The second kappa shape index (κ2) is 8.04. The van der Waals surface area contributed by atoms with E-state index in [1.807, 2.05) is 0 Å². The number of nitrogens with one attached hydrogen (secondary N) is 2. The number of fused-ring (bicyclic) bond motifs is 2. The molecule has 1 fully saturated rings. The summed E-state index contributed by atoms with van der Waals surface area (Å²) in [6.07, 6.45) is 6.11. The Morgan fingerprint density at radius 3 is 2.48 bits per heavy atom. The minimum Gasteiger partial charge on any atom is -0.367 e. The van der Waals surface area contributed by atoms with Gasteiger partial charge in [0.15, 0.2) is 11.5 Å². The van der Waals surface area contributed by atoms with Gasteiger partial charge < -0.3 is 19.9 Å². The van der Waals surface area contributed by atoms with Crippen molar-refractivity contribution in [1.29, 1.82) is 0 Å². The SMILES string of the molecule is Cc1cn2cc(NC(=O)c3c(F)cc(N4CC(C)N[C@@H](C)C4)c4nccnc34)cc(F)c2n1. The lowest BCUT2D eigenvalue weighted by Crippen LogP contribution is -2.54. The van der Waals surface area contributed by atoms with Crippen molar-refractivity contribution in [2.45, 2.75) is 32.9 Å². The number of imidazole rings is 1. The van der Waals surface area contributed by atoms with Crippen molar-refractivity contribution >= 4 is 34.0 Å². The lowest BCUT2D eigenvalue weighted by Gasteiger charge is -2.38. The average Bonchev–Trinajstić information content (AvgIpc) is 3.13. The summed E-state index contributed by atoms with van der Waals surface area (Å²) in [5, 5.41) is 6.03. The van der Waals surface area contributed by atoms with Crippen molar-refractivity contribution in [3.05, 3.63) is 59.8 Å². The summed E-state index contributed by atoms with van der Waals surface area (Å²) in [7, 11) is 0. The summed E-state index contributed by atoms with van der Waals surface area (Å²) in [6.45, 7) is 7.21. The zero-order chi connectivity index (χ0) is 23.3. The van der Waals surface area contributed by atoms with Gasteiger partial charge in [-0.3, -0.25) is 14.8 Å². The number of hydrogen-bond acceptors (Lipinski definition) is 6. The molecular formula is C23H23F2N7O. The van der Waals surface area contributed by atoms with E-state index in [-0.39, 0.29) is 34.5 Å². The number of rotatable bonds is 3. The zero-order valence-electron chi connectivity index (χ0n) is 18.4. The predicted molar refractivity (Wildman–Crippen MR) is 122 cm³/mol. The van der Waals surface area contributed by atoms with E-state index in [1.54, 1.807) is 13.1 Å². The Kier molecular flexibility index (Phi) is 5.16. The molecule has 4 heterocycles. The fourth-order valence-electron chi connectivity index (χ4n) is 4.50. The maximum Gasteiger partial charge on any atom is 0.260 e. The molecule has 2 atom stereocenters. The van der Waals surface area contributed by atoms with Crippen LogP contribution in [0.25, 0.3) is 16.7 Å². The second-order valence-corrected chi connectivity index (χ2v) is 8.52. The van der Waals surface area contributed by atoms with Crippen LogP contribution in [0.2, 0.25) is 0 Å². The van der Waals surface area contributed by atoms with Crippen LogP contribution < -0.4 is 15.5 Å². The van der Waals surface area contributed by atoms with Crippen LogP contribution in [0.15, 0.2) is 36.9 Å². The van der Waals surface area contributed by atoms with Crippen molar-refractivity contribution < 1.29 is 13.6 Å². The highest BCUT2D eigenvalue weighted by atomic mass is 19.1. The van der Waals surface area contributed by atoms with E-state index in [9.17, 15) is 9.18 Å². The number of aromatic nitrogens is 4. The van der Waals surface area contributed by atoms with E-state index < -0.39 is 17.5 Å². The Bertz CT molecular complexity index is 1380. The molecule has 33 heavy (non-hydrogen) atoms. The molecule has 1 aromatic carbocycles. The molecule has 5 rings (SSSR count). The molecule has 0 radical (unpaired) electrons. The quantitative estimate of drug-likeness (QED) is 0.497. The molecule has 1 amide bonds. The normalized spacial score (nSPS) is 18.8. The van der Waals surface area contributed by atoms with Gasteiger partial charge in [-0.15, -0.1) is 0 Å². The first-order valence-electron chi connectivity index (χ1n) is 10.7. The molecule has 0 saturated carbocycles. The van der Waals surface area contributed by atoms with Crippen LogP contribution in [0.3, 0.4) is 0 Å². The Labute approximate surface area is 188 Å². The van der Waals surface area contributed by atoms with Gasteiger partial charge in [-0.1, -0.05) is 0 Å². The molecule has 170 valence electrons. The third-order valence-electron chi connectivity index (χ3n) is 5.69. The van der Waals surface area contributed by atoms with Crippen LogP contribution in [0.1, 0.15) is 29.9 Å². The molecule has 10 heteroatoms. The van der Waals surface area contributed by atoms with E-state index in [0.29, 0.717) is 30.0 Å². The minimum absolute atomic E-state index is 0.150. The van der Waals surface area contributed by atoms with E-state index >= 15 is 4.39 Å². The summed E-state index contributed by atoms with van der Waals surface area (Å²) in [4.78, 5) is 27.9. The van der Waals surface area contributed by atoms with Gasteiger partial charge in [0, 0.05) is 62.1 Å². The van der Waals surface area contributed by atoms with E-state index in [2.05, 4.69) is 44.3 Å². The van der Waals surface area contributed by atoms with Gasteiger partial charge in [-0.2, -0.15) is 0 Å². The summed E-state index contributed by atoms with van der Waals surface area (Å²) in [5.74, 6) is -2.04. The highest BCUT2D eigenvalue weighted by Crippen LogP contribution is 2.31. The molecule has 2 N–H and O–H groups in total. The van der Waals surface area contributed by atoms with Crippen molar-refractivity contribution in [3.8, 4) is 0 Å². The van der Waals surface area contributed by atoms with Crippen LogP contribution in [-0.4, -0.2) is 50.4 Å². The van der Waals surface area contributed by atoms with Crippen molar-refractivity contribution in [2.24, 2.45) is 0 Å². The first-order valence-corrected chi connectivity index (χ1v) is 10.7. The molecule has 1 unspecified atom stereocenters. The molecule has 0 aliphatic carbocycles. The Hall–Kier alpha value is -3.66. The van der Waals surface area contributed by atoms with E-state index in [1.165, 1.54) is 29.1 Å². The molecule has 3 aromatic heterocycles. The topological polar surface area (TPSA) is 87.5 Å². The van der Waals surface area contributed by atoms with Gasteiger partial charge in [0.2, 0.25) is 0 Å². The highest BCUT2D eigenvalue weighted by molar-refractivity contribution is 6.13. The number of benzene rings is 1. The zero-order valence-corrected chi connectivity index (χ0v) is 18.4. The van der Waals surface area contributed by atoms with Crippen LogP contribution in [-0.2, 0) is 0 Å². The third-order valence-corrected chi connectivity index (χ3v) is 5.69. The van der Waals surface area contributed by atoms with Crippen molar-refractivity contribution in [2.75, 3.05) is 23.3 Å². The number of amides is 1. The summed E-state index contributed by atoms with van der Waals surface area (Å²) >= 11 is 0. The first-order chi connectivity index (χ1) is 15.8. The Balaban J connectivity index is 1.55. The molecular weight excluding hydrogens is 428 g/mol. The maximum atomic E-state index is 15.4. The number of anilines is 2. The van der Waals surface area contributed by atoms with Crippen LogP contribution in [0.5, 0.6) is 0 Å². The molecule has 1 aliphatic heterocycles. The molecule has 0 bridgehead atoms. The molecule has 8 nitrogen and oxygen atoms in total. The standard InChI is InChI=1S/C23H23F2N7O/c1-12-8-31(9-13(2)28-12)18-7-16(24)19(21-20(18)26-4-5-27-21)23(33)30-15-6-17(25)22-29-14(3)10-32(22)11-15/h4-7,10-13,28H,8-9H2,1-3H3,(H,30,33)/t12-,13?/m0/s1. The van der Waals surface area contributed by atoms with E-state index in [0.717, 1.165) is 6.07 Å². The van der Waals surface area contributed by atoms with Crippen LogP contribution in [0, 0.1) is 18.6 Å². The van der Waals surface area contributed by atoms with Gasteiger partial charge in [0.1, 0.15) is 22.4 Å². The lowest BCUT2D eigenvalue weighted by molar-refractivity contribution is 0.102. The largest absolute Gasteiger partial charge is 0.367 e. The second-order valence-electron chi connectivity index (χ2n) is 8.52. The third kappa shape index (κ3) is 3.86. The summed E-state index contributed by atoms with van der Waals surface area (Å²) in [6, 6.07) is 2.91. The Morgan fingerprint density at radius 1 is 1.06 bits per heavy atom. The number of pyridine rings is 1. The fourth-order valence-corrected chi connectivity index (χ4v) is 4.50. The number of nitrogens with zero attached hydrogens (tertiary/aromatic N) is 5. The van der Waals surface area contributed by atoms with Gasteiger partial charge in [-0.05, 0) is 20.8 Å². The molecule has 1 saturated heterocycles.